The van der Waals surface area contributed by atoms with Crippen LogP contribution in [0.25, 0.3) is 20.8 Å². The lowest BCUT2D eigenvalue weighted by Gasteiger charge is -2.28. The van der Waals surface area contributed by atoms with Crippen molar-refractivity contribution in [3.05, 3.63) is 69.7 Å². The molecular formula is C28H32N4OS2. The summed E-state index contributed by atoms with van der Waals surface area (Å²) in [5.41, 5.74) is 4.83. The molecule has 0 amide bonds. The van der Waals surface area contributed by atoms with E-state index in [4.69, 9.17) is 4.98 Å². The number of nitrogens with zero attached hydrogens (tertiary/aromatic N) is 3. The van der Waals surface area contributed by atoms with Crippen LogP contribution >= 0.6 is 22.7 Å². The van der Waals surface area contributed by atoms with E-state index in [0.717, 1.165) is 54.2 Å². The number of ketones is 1. The summed E-state index contributed by atoms with van der Waals surface area (Å²) < 4.78 is 1.14. The summed E-state index contributed by atoms with van der Waals surface area (Å²) in [4.78, 5) is 27.4. The van der Waals surface area contributed by atoms with Gasteiger partial charge in [0.05, 0.1) is 10.9 Å². The minimum atomic E-state index is 0.307. The maximum Gasteiger partial charge on any atom is 0.139 e. The molecule has 1 aliphatic rings. The lowest BCUT2D eigenvalue weighted by molar-refractivity contribution is -0.118. The summed E-state index contributed by atoms with van der Waals surface area (Å²) in [7, 11) is 0. The average Bonchev–Trinajstić information content (AvgIpc) is 3.47. The van der Waals surface area contributed by atoms with Crippen LogP contribution in [0.3, 0.4) is 0 Å². The maximum absolute atomic E-state index is 13.3. The summed E-state index contributed by atoms with van der Waals surface area (Å²) >= 11 is 3.51. The molecule has 182 valence electrons. The largest absolute Gasteiger partial charge is 0.312 e. The second-order valence-electron chi connectivity index (χ2n) is 9.27. The molecule has 4 aromatic rings. The van der Waals surface area contributed by atoms with Crippen molar-refractivity contribution in [1.82, 2.24) is 20.2 Å². The molecule has 7 heteroatoms. The van der Waals surface area contributed by atoms with Crippen LogP contribution in [0.1, 0.15) is 47.6 Å². The number of thiophene rings is 1. The van der Waals surface area contributed by atoms with Crippen LogP contribution < -0.4 is 5.32 Å². The van der Waals surface area contributed by atoms with Gasteiger partial charge < -0.3 is 5.32 Å². The number of pyridine rings is 1. The number of rotatable bonds is 10. The van der Waals surface area contributed by atoms with Gasteiger partial charge in [-0.2, -0.15) is 0 Å². The number of aromatic nitrogens is 2. The zero-order chi connectivity index (χ0) is 24.2. The molecule has 3 aromatic heterocycles. The Hall–Kier alpha value is -2.45. The third-order valence-corrected chi connectivity index (χ3v) is 9.17. The first-order valence-corrected chi connectivity index (χ1v) is 14.1. The van der Waals surface area contributed by atoms with E-state index in [2.05, 4.69) is 59.4 Å². The van der Waals surface area contributed by atoms with E-state index in [1.807, 2.05) is 18.5 Å². The SMILES string of the molecule is CC[C@H](C)N(CCC(=O)Cc1sc2c(c1-c1nc3cnccc3s1)CCNC2)Cc1ccccc1. The third kappa shape index (κ3) is 5.54. The Kier molecular flexibility index (Phi) is 7.68. The Labute approximate surface area is 215 Å². The van der Waals surface area contributed by atoms with Crippen LogP contribution in [0.15, 0.2) is 48.8 Å². The first-order valence-electron chi connectivity index (χ1n) is 12.5. The summed E-state index contributed by atoms with van der Waals surface area (Å²) in [6, 6.07) is 13.0. The molecule has 5 nitrogen and oxygen atoms in total. The quantitative estimate of drug-likeness (QED) is 0.293. The normalized spacial score (nSPS) is 14.4. The lowest BCUT2D eigenvalue weighted by Crippen LogP contribution is -2.34. The fraction of sp³-hybridized carbons (Fsp3) is 0.393. The van der Waals surface area contributed by atoms with Crippen molar-refractivity contribution in [2.45, 2.75) is 58.7 Å². The summed E-state index contributed by atoms with van der Waals surface area (Å²) in [5.74, 6) is 0.307. The molecule has 0 radical (unpaired) electrons. The molecule has 1 N–H and O–H groups in total. The number of hydrogen-bond acceptors (Lipinski definition) is 7. The predicted octanol–water partition coefficient (Wildman–Crippen LogP) is 5.87. The molecule has 0 saturated heterocycles. The first kappa shape index (κ1) is 24.3. The van der Waals surface area contributed by atoms with Crippen molar-refractivity contribution >= 4 is 38.7 Å². The fourth-order valence-corrected chi connectivity index (χ4v) is 7.17. The molecule has 0 fully saturated rings. The highest BCUT2D eigenvalue weighted by Crippen LogP contribution is 2.41. The summed E-state index contributed by atoms with van der Waals surface area (Å²) in [5, 5.41) is 4.52. The molecule has 0 bridgehead atoms. The number of thiazole rings is 1. The van der Waals surface area contributed by atoms with E-state index >= 15 is 0 Å². The standard InChI is InChI=1S/C28H32N4OS2/c1-3-19(2)32(18-20-7-5-4-6-8-20)14-11-21(33)15-25-27(22-9-12-30-17-26(22)34-25)28-31-23-16-29-13-10-24(23)35-28/h4-8,10,13,16,19,30H,3,9,11-12,14-15,17-18H2,1-2H3/t19-/m0/s1. The highest BCUT2D eigenvalue weighted by molar-refractivity contribution is 7.22. The smallest absolute Gasteiger partial charge is 0.139 e. The van der Waals surface area contributed by atoms with E-state index in [1.54, 1.807) is 22.7 Å². The van der Waals surface area contributed by atoms with Gasteiger partial charge in [-0.05, 0) is 43.5 Å². The van der Waals surface area contributed by atoms with Crippen LogP contribution in [0.5, 0.6) is 0 Å². The van der Waals surface area contributed by atoms with Crippen molar-refractivity contribution in [3.8, 4) is 10.6 Å². The first-order chi connectivity index (χ1) is 17.1. The van der Waals surface area contributed by atoms with Gasteiger partial charge in [0.1, 0.15) is 16.3 Å². The molecular weight excluding hydrogens is 472 g/mol. The number of hydrogen-bond donors (Lipinski definition) is 1. The number of benzene rings is 1. The fourth-order valence-electron chi connectivity index (χ4n) is 4.72. The second-order valence-corrected chi connectivity index (χ2v) is 11.5. The monoisotopic (exact) mass is 504 g/mol. The van der Waals surface area contributed by atoms with Crippen LogP contribution in [0.4, 0.5) is 0 Å². The Bertz CT molecular complexity index is 1260. The van der Waals surface area contributed by atoms with Gasteiger partial charge in [0, 0.05) is 60.0 Å². The Morgan fingerprint density at radius 3 is 2.86 bits per heavy atom. The summed E-state index contributed by atoms with van der Waals surface area (Å²) in [6.07, 6.45) is 6.77. The van der Waals surface area contributed by atoms with Crippen LogP contribution in [-0.4, -0.2) is 39.8 Å². The predicted molar refractivity (Wildman–Crippen MR) is 146 cm³/mol. The topological polar surface area (TPSA) is 58.1 Å². The van der Waals surface area contributed by atoms with E-state index in [-0.39, 0.29) is 0 Å². The van der Waals surface area contributed by atoms with E-state index < -0.39 is 0 Å². The second kappa shape index (κ2) is 11.1. The molecule has 0 aliphatic carbocycles. The lowest BCUT2D eigenvalue weighted by atomic mass is 10.0. The van der Waals surface area contributed by atoms with Crippen molar-refractivity contribution < 1.29 is 4.79 Å². The summed E-state index contributed by atoms with van der Waals surface area (Å²) in [6.45, 7) is 8.00. The molecule has 4 heterocycles. The van der Waals surface area contributed by atoms with Gasteiger partial charge in [0.15, 0.2) is 0 Å². The Morgan fingerprint density at radius 2 is 2.06 bits per heavy atom. The number of Topliss-reactive ketones (excluding diaryl/α,β-unsaturated/α-hetero) is 1. The average molecular weight is 505 g/mol. The zero-order valence-corrected chi connectivity index (χ0v) is 22.1. The minimum Gasteiger partial charge on any atom is -0.312 e. The molecule has 0 unspecified atom stereocenters. The van der Waals surface area contributed by atoms with Crippen LogP contribution in [-0.2, 0) is 30.7 Å². The van der Waals surface area contributed by atoms with Crippen molar-refractivity contribution in [2.24, 2.45) is 0 Å². The molecule has 5 rings (SSSR count). The molecule has 35 heavy (non-hydrogen) atoms. The highest BCUT2D eigenvalue weighted by Gasteiger charge is 2.25. The van der Waals surface area contributed by atoms with Gasteiger partial charge in [-0.1, -0.05) is 37.3 Å². The van der Waals surface area contributed by atoms with Gasteiger partial charge >= 0.3 is 0 Å². The van der Waals surface area contributed by atoms with E-state index in [1.165, 1.54) is 26.4 Å². The molecule has 0 saturated carbocycles. The van der Waals surface area contributed by atoms with Crippen LogP contribution in [0.2, 0.25) is 0 Å². The molecule has 1 aliphatic heterocycles. The number of nitrogens with one attached hydrogen (secondary N) is 1. The molecule has 1 aromatic carbocycles. The Morgan fingerprint density at radius 1 is 1.20 bits per heavy atom. The van der Waals surface area contributed by atoms with Crippen molar-refractivity contribution in [1.29, 1.82) is 0 Å². The molecule has 1 atom stereocenters. The highest BCUT2D eigenvalue weighted by atomic mass is 32.1. The third-order valence-electron chi connectivity index (χ3n) is 6.88. The number of carbonyl (C=O) groups excluding carboxylic acids is 1. The maximum atomic E-state index is 13.3. The Balaban J connectivity index is 1.34. The minimum absolute atomic E-state index is 0.307. The van der Waals surface area contributed by atoms with Crippen molar-refractivity contribution in [3.63, 3.8) is 0 Å². The van der Waals surface area contributed by atoms with E-state index in [9.17, 15) is 4.79 Å². The van der Waals surface area contributed by atoms with Gasteiger partial charge in [-0.15, -0.1) is 22.7 Å². The number of fused-ring (bicyclic) bond motifs is 2. The van der Waals surface area contributed by atoms with Gasteiger partial charge in [-0.3, -0.25) is 14.7 Å². The van der Waals surface area contributed by atoms with Gasteiger partial charge in [0.25, 0.3) is 0 Å². The molecule has 0 spiro atoms. The zero-order valence-electron chi connectivity index (χ0n) is 20.4. The van der Waals surface area contributed by atoms with Gasteiger partial charge in [0.2, 0.25) is 0 Å². The van der Waals surface area contributed by atoms with Gasteiger partial charge in [-0.25, -0.2) is 4.98 Å². The number of carbonyl (C=O) groups is 1. The van der Waals surface area contributed by atoms with E-state index in [0.29, 0.717) is 24.7 Å². The van der Waals surface area contributed by atoms with Crippen molar-refractivity contribution in [2.75, 3.05) is 13.1 Å². The van der Waals surface area contributed by atoms with Crippen LogP contribution in [0, 0.1) is 0 Å².